The minimum atomic E-state index is 0.0137. The molecule has 0 atom stereocenters. The van der Waals surface area contributed by atoms with Gasteiger partial charge in [0.1, 0.15) is 0 Å². The maximum absolute atomic E-state index is 11.5. The van der Waals surface area contributed by atoms with Crippen molar-refractivity contribution in [3.05, 3.63) is 17.5 Å². The number of nitrogens with zero attached hydrogens (tertiary/aromatic N) is 2. The lowest BCUT2D eigenvalue weighted by Gasteiger charge is -2.05. The SMILES string of the molecule is Cc1cc(C)nc(SCC(=O)NCCCCN)n1. The summed E-state index contributed by atoms with van der Waals surface area (Å²) in [6, 6.07) is 1.91. The molecule has 0 saturated carbocycles. The Morgan fingerprint density at radius 1 is 1.33 bits per heavy atom. The van der Waals surface area contributed by atoms with Crippen LogP contribution < -0.4 is 11.1 Å². The van der Waals surface area contributed by atoms with Gasteiger partial charge >= 0.3 is 0 Å². The van der Waals surface area contributed by atoms with E-state index in [1.165, 1.54) is 11.8 Å². The first kappa shape index (κ1) is 14.9. The predicted molar refractivity (Wildman–Crippen MR) is 73.5 cm³/mol. The molecule has 0 aliphatic rings. The van der Waals surface area contributed by atoms with Crippen molar-refractivity contribution in [3.63, 3.8) is 0 Å². The smallest absolute Gasteiger partial charge is 0.230 e. The molecule has 100 valence electrons. The van der Waals surface area contributed by atoms with E-state index >= 15 is 0 Å². The van der Waals surface area contributed by atoms with Gasteiger partial charge in [-0.1, -0.05) is 11.8 Å². The Morgan fingerprint density at radius 3 is 2.61 bits per heavy atom. The van der Waals surface area contributed by atoms with Gasteiger partial charge in [0, 0.05) is 17.9 Å². The summed E-state index contributed by atoms with van der Waals surface area (Å²) in [4.78, 5) is 20.1. The van der Waals surface area contributed by atoms with Crippen molar-refractivity contribution in [1.29, 1.82) is 0 Å². The zero-order chi connectivity index (χ0) is 13.4. The lowest BCUT2D eigenvalue weighted by atomic mass is 10.3. The Bertz CT molecular complexity index is 377. The summed E-state index contributed by atoms with van der Waals surface area (Å²) in [7, 11) is 0. The number of hydrogen-bond acceptors (Lipinski definition) is 5. The van der Waals surface area contributed by atoms with Gasteiger partial charge in [-0.2, -0.15) is 0 Å². The summed E-state index contributed by atoms with van der Waals surface area (Å²) >= 11 is 1.36. The molecule has 1 heterocycles. The highest BCUT2D eigenvalue weighted by atomic mass is 32.2. The number of aryl methyl sites for hydroxylation is 2. The standard InChI is InChI=1S/C12H20N4OS/c1-9-7-10(2)16-12(15-9)18-8-11(17)14-6-4-3-5-13/h7H,3-6,8,13H2,1-2H3,(H,14,17). The van der Waals surface area contributed by atoms with E-state index < -0.39 is 0 Å². The second kappa shape index (κ2) is 8.05. The van der Waals surface area contributed by atoms with Crippen LogP contribution in [0.1, 0.15) is 24.2 Å². The number of carbonyl (C=O) groups excluding carboxylic acids is 1. The lowest BCUT2D eigenvalue weighted by Crippen LogP contribution is -2.26. The summed E-state index contributed by atoms with van der Waals surface area (Å²) in [6.07, 6.45) is 1.86. The van der Waals surface area contributed by atoms with Gasteiger partial charge in [0.2, 0.25) is 5.91 Å². The van der Waals surface area contributed by atoms with E-state index in [1.807, 2.05) is 19.9 Å². The van der Waals surface area contributed by atoms with Crippen molar-refractivity contribution in [1.82, 2.24) is 15.3 Å². The van der Waals surface area contributed by atoms with E-state index in [9.17, 15) is 4.79 Å². The Morgan fingerprint density at radius 2 is 2.00 bits per heavy atom. The summed E-state index contributed by atoms with van der Waals surface area (Å²) in [5.41, 5.74) is 7.22. The largest absolute Gasteiger partial charge is 0.355 e. The molecule has 0 aliphatic carbocycles. The maximum Gasteiger partial charge on any atom is 0.230 e. The fourth-order valence-electron chi connectivity index (χ4n) is 1.44. The number of aromatic nitrogens is 2. The molecule has 5 nitrogen and oxygen atoms in total. The minimum absolute atomic E-state index is 0.0137. The molecule has 18 heavy (non-hydrogen) atoms. The molecule has 0 radical (unpaired) electrons. The molecule has 0 bridgehead atoms. The molecule has 0 unspecified atom stereocenters. The quantitative estimate of drug-likeness (QED) is 0.439. The fraction of sp³-hybridized carbons (Fsp3) is 0.583. The molecular weight excluding hydrogens is 248 g/mol. The molecular formula is C12H20N4OS. The van der Waals surface area contributed by atoms with Crippen molar-refractivity contribution in [2.45, 2.75) is 31.8 Å². The third-order valence-corrected chi connectivity index (χ3v) is 3.09. The first-order chi connectivity index (χ1) is 8.61. The van der Waals surface area contributed by atoms with Crippen molar-refractivity contribution in [2.75, 3.05) is 18.8 Å². The third-order valence-electron chi connectivity index (χ3n) is 2.25. The van der Waals surface area contributed by atoms with Gasteiger partial charge < -0.3 is 11.1 Å². The monoisotopic (exact) mass is 268 g/mol. The van der Waals surface area contributed by atoms with Crippen LogP contribution in [0.15, 0.2) is 11.2 Å². The average Bonchev–Trinajstić information content (AvgIpc) is 2.31. The van der Waals surface area contributed by atoms with Gasteiger partial charge in [0.15, 0.2) is 5.16 Å². The average molecular weight is 268 g/mol. The number of amides is 1. The second-order valence-electron chi connectivity index (χ2n) is 4.07. The predicted octanol–water partition coefficient (Wildman–Crippen LogP) is 1.04. The van der Waals surface area contributed by atoms with E-state index in [-0.39, 0.29) is 5.91 Å². The Kier molecular flexibility index (Phi) is 6.67. The van der Waals surface area contributed by atoms with Crippen molar-refractivity contribution >= 4 is 17.7 Å². The van der Waals surface area contributed by atoms with E-state index in [4.69, 9.17) is 5.73 Å². The number of thioether (sulfide) groups is 1. The van der Waals surface area contributed by atoms with Crippen molar-refractivity contribution < 1.29 is 4.79 Å². The number of nitrogens with two attached hydrogens (primary N) is 1. The Balaban J connectivity index is 2.29. The molecule has 6 heteroatoms. The van der Waals surface area contributed by atoms with Gasteiger partial charge in [0.05, 0.1) is 5.75 Å². The summed E-state index contributed by atoms with van der Waals surface area (Å²) < 4.78 is 0. The molecule has 1 amide bonds. The van der Waals surface area contributed by atoms with E-state index in [0.29, 0.717) is 24.0 Å². The van der Waals surface area contributed by atoms with Crippen LogP contribution in [0.25, 0.3) is 0 Å². The summed E-state index contributed by atoms with van der Waals surface area (Å²) in [6.45, 7) is 5.20. The van der Waals surface area contributed by atoms with Crippen molar-refractivity contribution in [3.8, 4) is 0 Å². The molecule has 1 aromatic heterocycles. The highest BCUT2D eigenvalue weighted by molar-refractivity contribution is 7.99. The highest BCUT2D eigenvalue weighted by Crippen LogP contribution is 2.13. The molecule has 1 rings (SSSR count). The van der Waals surface area contributed by atoms with Crippen molar-refractivity contribution in [2.24, 2.45) is 5.73 Å². The highest BCUT2D eigenvalue weighted by Gasteiger charge is 2.05. The van der Waals surface area contributed by atoms with Crippen LogP contribution in [0.5, 0.6) is 0 Å². The van der Waals surface area contributed by atoms with Crippen LogP contribution in [0.4, 0.5) is 0 Å². The number of nitrogens with one attached hydrogen (secondary N) is 1. The first-order valence-corrected chi connectivity index (χ1v) is 7.02. The Hall–Kier alpha value is -1.14. The molecule has 0 fully saturated rings. The number of rotatable bonds is 7. The van der Waals surface area contributed by atoms with Gasteiger partial charge in [-0.3, -0.25) is 4.79 Å². The maximum atomic E-state index is 11.5. The molecule has 0 aromatic carbocycles. The second-order valence-corrected chi connectivity index (χ2v) is 5.01. The van der Waals surface area contributed by atoms with Crippen LogP contribution in [-0.2, 0) is 4.79 Å². The fourth-order valence-corrected chi connectivity index (χ4v) is 2.22. The van der Waals surface area contributed by atoms with Gasteiger partial charge in [-0.25, -0.2) is 9.97 Å². The van der Waals surface area contributed by atoms with Gasteiger partial charge in [0.25, 0.3) is 0 Å². The Labute approximate surface area is 112 Å². The van der Waals surface area contributed by atoms with Crippen LogP contribution in [0.2, 0.25) is 0 Å². The van der Waals surface area contributed by atoms with Gasteiger partial charge in [-0.15, -0.1) is 0 Å². The van der Waals surface area contributed by atoms with Crippen LogP contribution in [-0.4, -0.2) is 34.7 Å². The summed E-state index contributed by atoms with van der Waals surface area (Å²) in [5.74, 6) is 0.366. The minimum Gasteiger partial charge on any atom is -0.355 e. The first-order valence-electron chi connectivity index (χ1n) is 6.03. The van der Waals surface area contributed by atoms with E-state index in [0.717, 1.165) is 24.2 Å². The van der Waals surface area contributed by atoms with Crippen LogP contribution in [0, 0.1) is 13.8 Å². The normalized spacial score (nSPS) is 10.4. The lowest BCUT2D eigenvalue weighted by molar-refractivity contribution is -0.118. The third kappa shape index (κ3) is 5.97. The topological polar surface area (TPSA) is 80.9 Å². The van der Waals surface area contributed by atoms with E-state index in [2.05, 4.69) is 15.3 Å². The zero-order valence-corrected chi connectivity index (χ0v) is 11.7. The molecule has 0 spiro atoms. The number of hydrogen-bond donors (Lipinski definition) is 2. The summed E-state index contributed by atoms with van der Waals surface area (Å²) in [5, 5.41) is 3.50. The number of unbranched alkanes of at least 4 members (excludes halogenated alkanes) is 1. The number of carbonyl (C=O) groups is 1. The molecule has 0 aliphatic heterocycles. The zero-order valence-electron chi connectivity index (χ0n) is 10.9. The van der Waals surface area contributed by atoms with Crippen LogP contribution in [0.3, 0.4) is 0 Å². The molecule has 1 aromatic rings. The van der Waals surface area contributed by atoms with Crippen LogP contribution >= 0.6 is 11.8 Å². The van der Waals surface area contributed by atoms with E-state index in [1.54, 1.807) is 0 Å². The van der Waals surface area contributed by atoms with Gasteiger partial charge in [-0.05, 0) is 39.3 Å². The molecule has 0 saturated heterocycles. The molecule has 3 N–H and O–H groups in total.